The quantitative estimate of drug-likeness (QED) is 0.812. The fraction of sp³-hybridized carbons (Fsp3) is 0.154. The van der Waals surface area contributed by atoms with Gasteiger partial charge in [0.1, 0.15) is 12.4 Å². The second-order valence-corrected chi connectivity index (χ2v) is 3.43. The van der Waals surface area contributed by atoms with Gasteiger partial charge in [-0.1, -0.05) is 18.2 Å². The maximum Gasteiger partial charge on any atom is 0.123 e. The molecule has 2 aromatic rings. The molecule has 0 unspecified atom stereocenters. The number of nitrogens with two attached hydrogens (primary N) is 1. The second-order valence-electron chi connectivity index (χ2n) is 3.43. The summed E-state index contributed by atoms with van der Waals surface area (Å²) in [6.45, 7) is 2.24. The van der Waals surface area contributed by atoms with Crippen molar-refractivity contribution in [1.29, 1.82) is 0 Å². The summed E-state index contributed by atoms with van der Waals surface area (Å²) in [6.07, 6.45) is 1.70. The van der Waals surface area contributed by atoms with Crippen LogP contribution >= 0.6 is 0 Å². The molecule has 0 bridgehead atoms. The molecule has 1 heterocycles. The molecule has 0 radical (unpaired) electrons. The Morgan fingerprint density at radius 3 is 2.53 bits per heavy atom. The van der Waals surface area contributed by atoms with Crippen LogP contribution in [0.3, 0.4) is 0 Å². The van der Waals surface area contributed by atoms with Crippen LogP contribution < -0.4 is 5.90 Å². The summed E-state index contributed by atoms with van der Waals surface area (Å²) < 4.78 is 12.2. The van der Waals surface area contributed by atoms with Crippen molar-refractivity contribution < 1.29 is 9.23 Å². The second kappa shape index (κ2) is 7.49. The van der Waals surface area contributed by atoms with Gasteiger partial charge >= 0.3 is 0 Å². The highest BCUT2D eigenvalue weighted by molar-refractivity contribution is 5.13. The molecule has 0 aliphatic heterocycles. The summed E-state index contributed by atoms with van der Waals surface area (Å²) in [5.41, 5.74) is 1.81. The lowest BCUT2D eigenvalue weighted by Gasteiger charge is -1.93. The van der Waals surface area contributed by atoms with Gasteiger partial charge in [0.2, 0.25) is 0 Å². The van der Waals surface area contributed by atoms with E-state index in [0.29, 0.717) is 6.61 Å². The van der Waals surface area contributed by atoms with Crippen LogP contribution in [0.4, 0.5) is 4.39 Å². The Hall–Kier alpha value is -1.78. The van der Waals surface area contributed by atoms with Crippen LogP contribution in [0.1, 0.15) is 11.3 Å². The molecule has 0 atom stereocenters. The molecule has 0 saturated carbocycles. The normalized spacial score (nSPS) is 9.35. The third kappa shape index (κ3) is 5.75. The Kier molecular flexibility index (Phi) is 5.85. The average Bonchev–Trinajstić information content (AvgIpc) is 2.31. The fourth-order valence-electron chi connectivity index (χ4n) is 1.17. The van der Waals surface area contributed by atoms with Gasteiger partial charge in [0.05, 0.1) is 5.69 Å². The van der Waals surface area contributed by atoms with Crippen molar-refractivity contribution in [2.75, 3.05) is 0 Å². The van der Waals surface area contributed by atoms with Gasteiger partial charge in [-0.05, 0) is 36.8 Å². The minimum Gasteiger partial charge on any atom is -0.298 e. The Morgan fingerprint density at radius 2 is 2.06 bits per heavy atom. The lowest BCUT2D eigenvalue weighted by molar-refractivity contribution is 0.121. The van der Waals surface area contributed by atoms with Crippen molar-refractivity contribution in [1.82, 2.24) is 4.98 Å². The number of halogens is 1. The minimum atomic E-state index is -0.162. The molecule has 1 aromatic heterocycles. The first-order chi connectivity index (χ1) is 8.22. The van der Waals surface area contributed by atoms with E-state index in [4.69, 9.17) is 5.90 Å². The Balaban J connectivity index is 0.000000171. The Labute approximate surface area is 100 Å². The lowest BCUT2D eigenvalue weighted by Crippen LogP contribution is -1.99. The summed E-state index contributed by atoms with van der Waals surface area (Å²) in [7, 11) is 0. The van der Waals surface area contributed by atoms with Crippen LogP contribution in [-0.4, -0.2) is 4.98 Å². The van der Waals surface area contributed by atoms with Crippen molar-refractivity contribution in [2.45, 2.75) is 13.5 Å². The maximum atomic E-state index is 12.2. The monoisotopic (exact) mass is 234 g/mol. The maximum absolute atomic E-state index is 12.2. The lowest BCUT2D eigenvalue weighted by atomic mass is 10.2. The SMILES string of the molecule is Cc1cccc(F)c1.NOCc1ccccn1. The van der Waals surface area contributed by atoms with E-state index in [-0.39, 0.29) is 5.82 Å². The molecule has 90 valence electrons. The molecule has 0 aliphatic rings. The number of nitrogens with zero attached hydrogens (tertiary/aromatic N) is 1. The largest absolute Gasteiger partial charge is 0.298 e. The molecule has 0 aliphatic carbocycles. The predicted molar refractivity (Wildman–Crippen MR) is 64.4 cm³/mol. The highest BCUT2D eigenvalue weighted by atomic mass is 19.1. The zero-order valence-electron chi connectivity index (χ0n) is 9.64. The first kappa shape index (κ1) is 13.3. The van der Waals surface area contributed by atoms with E-state index < -0.39 is 0 Å². The van der Waals surface area contributed by atoms with Gasteiger partial charge in [0, 0.05) is 6.20 Å². The Morgan fingerprint density at radius 1 is 1.24 bits per heavy atom. The molecule has 4 heteroatoms. The summed E-state index contributed by atoms with van der Waals surface area (Å²) >= 11 is 0. The molecule has 2 rings (SSSR count). The molecular formula is C13H15FN2O. The van der Waals surface area contributed by atoms with Crippen molar-refractivity contribution in [2.24, 2.45) is 5.90 Å². The molecule has 17 heavy (non-hydrogen) atoms. The molecule has 1 aromatic carbocycles. The van der Waals surface area contributed by atoms with Gasteiger partial charge in [-0.3, -0.25) is 9.82 Å². The number of hydrogen-bond acceptors (Lipinski definition) is 3. The van der Waals surface area contributed by atoms with E-state index in [9.17, 15) is 4.39 Å². The van der Waals surface area contributed by atoms with E-state index in [1.165, 1.54) is 12.1 Å². The van der Waals surface area contributed by atoms with E-state index in [1.54, 1.807) is 12.3 Å². The molecule has 2 N–H and O–H groups in total. The average molecular weight is 234 g/mol. The van der Waals surface area contributed by atoms with E-state index in [0.717, 1.165) is 11.3 Å². The van der Waals surface area contributed by atoms with Crippen LogP contribution in [0.15, 0.2) is 48.7 Å². The van der Waals surface area contributed by atoms with Crippen LogP contribution in [-0.2, 0) is 11.4 Å². The number of aromatic nitrogens is 1. The number of pyridine rings is 1. The van der Waals surface area contributed by atoms with Gasteiger partial charge in [0.25, 0.3) is 0 Å². The van der Waals surface area contributed by atoms with Gasteiger partial charge in [-0.2, -0.15) is 0 Å². The number of hydrogen-bond donors (Lipinski definition) is 1. The highest BCUT2D eigenvalue weighted by Gasteiger charge is 1.87. The number of aryl methyl sites for hydroxylation is 1. The van der Waals surface area contributed by atoms with Crippen LogP contribution in [0.2, 0.25) is 0 Å². The molecule has 0 spiro atoms. The molecule has 0 fully saturated rings. The summed E-state index contributed by atoms with van der Waals surface area (Å²) in [5.74, 6) is 4.66. The van der Waals surface area contributed by atoms with Crippen molar-refractivity contribution in [3.8, 4) is 0 Å². The van der Waals surface area contributed by atoms with Crippen molar-refractivity contribution >= 4 is 0 Å². The summed E-state index contributed by atoms with van der Waals surface area (Å²) in [4.78, 5) is 8.33. The third-order valence-electron chi connectivity index (χ3n) is 1.94. The minimum absolute atomic E-state index is 0.162. The summed E-state index contributed by atoms with van der Waals surface area (Å²) in [5, 5.41) is 0. The van der Waals surface area contributed by atoms with Crippen molar-refractivity contribution in [3.63, 3.8) is 0 Å². The molecule has 0 amide bonds. The van der Waals surface area contributed by atoms with E-state index in [1.807, 2.05) is 31.2 Å². The third-order valence-corrected chi connectivity index (χ3v) is 1.94. The molecule has 0 saturated heterocycles. The Bertz CT molecular complexity index is 417. The van der Waals surface area contributed by atoms with Crippen LogP contribution in [0, 0.1) is 12.7 Å². The smallest absolute Gasteiger partial charge is 0.123 e. The number of rotatable bonds is 2. The van der Waals surface area contributed by atoms with E-state index >= 15 is 0 Å². The van der Waals surface area contributed by atoms with Gasteiger partial charge < -0.3 is 0 Å². The zero-order valence-corrected chi connectivity index (χ0v) is 9.64. The first-order valence-corrected chi connectivity index (χ1v) is 5.16. The van der Waals surface area contributed by atoms with Crippen molar-refractivity contribution in [3.05, 3.63) is 65.7 Å². The fourth-order valence-corrected chi connectivity index (χ4v) is 1.17. The summed E-state index contributed by atoms with van der Waals surface area (Å²) in [6, 6.07) is 12.1. The van der Waals surface area contributed by atoms with Crippen LogP contribution in [0.5, 0.6) is 0 Å². The topological polar surface area (TPSA) is 48.1 Å². The standard InChI is InChI=1S/C7H7F.C6H8N2O/c1-6-3-2-4-7(8)5-6;7-9-5-6-3-1-2-4-8-6/h2-5H,1H3;1-4H,5,7H2. The molecule has 3 nitrogen and oxygen atoms in total. The highest BCUT2D eigenvalue weighted by Crippen LogP contribution is 1.99. The van der Waals surface area contributed by atoms with Gasteiger partial charge in [-0.15, -0.1) is 0 Å². The van der Waals surface area contributed by atoms with E-state index in [2.05, 4.69) is 9.82 Å². The van der Waals surface area contributed by atoms with Crippen LogP contribution in [0.25, 0.3) is 0 Å². The van der Waals surface area contributed by atoms with Gasteiger partial charge in [0.15, 0.2) is 0 Å². The predicted octanol–water partition coefficient (Wildman–Crippen LogP) is 2.61. The van der Waals surface area contributed by atoms with Gasteiger partial charge in [-0.25, -0.2) is 10.3 Å². The first-order valence-electron chi connectivity index (χ1n) is 5.16. The molecular weight excluding hydrogens is 219 g/mol. The zero-order chi connectivity index (χ0) is 12.5. The number of benzene rings is 1.